The Morgan fingerprint density at radius 2 is 2.07 bits per heavy atom. The molecule has 0 aliphatic heterocycles. The van der Waals surface area contributed by atoms with Crippen molar-refractivity contribution in [2.45, 2.75) is 13.1 Å². The number of hydrogen-bond donors (Lipinski definition) is 0. The molecule has 0 aliphatic carbocycles. The van der Waals surface area contributed by atoms with Crippen LogP contribution in [0.25, 0.3) is 11.2 Å². The quantitative estimate of drug-likeness (QED) is 0.658. The summed E-state index contributed by atoms with van der Waals surface area (Å²) in [6, 6.07) is 1.56. The molecule has 0 fully saturated rings. The summed E-state index contributed by atoms with van der Waals surface area (Å²) in [5, 5.41) is 0. The molecule has 2 heterocycles. The highest BCUT2D eigenvalue weighted by atomic mass is 19.4. The van der Waals surface area contributed by atoms with Crippen molar-refractivity contribution in [3.63, 3.8) is 0 Å². The van der Waals surface area contributed by atoms with Crippen molar-refractivity contribution in [3.05, 3.63) is 23.7 Å². The maximum atomic E-state index is 12.2. The molecule has 0 spiro atoms. The van der Waals surface area contributed by atoms with Gasteiger partial charge in [0.2, 0.25) is 0 Å². The van der Waals surface area contributed by atoms with Gasteiger partial charge in [-0.25, -0.2) is 4.98 Å². The average Bonchev–Trinajstić information content (AvgIpc) is 2.48. The van der Waals surface area contributed by atoms with Gasteiger partial charge < -0.3 is 4.42 Å². The molecule has 2 aromatic rings. The predicted molar refractivity (Wildman–Crippen MR) is 41.5 cm³/mol. The molecule has 0 atom stereocenters. The fourth-order valence-corrected chi connectivity index (χ4v) is 1.07. The molecule has 2 aromatic heterocycles. The Bertz CT molecular complexity index is 475. The molecule has 74 valence electrons. The number of nitrogens with zero attached hydrogens (tertiary/aromatic N) is 2. The summed E-state index contributed by atoms with van der Waals surface area (Å²) in [7, 11) is 0. The maximum absolute atomic E-state index is 12.2. The van der Waals surface area contributed by atoms with Crippen LogP contribution in [0.2, 0.25) is 0 Å². The SMILES string of the molecule is Cc1ccnc2nc(C(F)(F)F)oc12. The normalized spacial score (nSPS) is 12.3. The Kier molecular flexibility index (Phi) is 1.73. The van der Waals surface area contributed by atoms with Gasteiger partial charge in [0.15, 0.2) is 11.2 Å². The Morgan fingerprint density at radius 3 is 2.64 bits per heavy atom. The fraction of sp³-hybridized carbons (Fsp3) is 0.250. The number of oxazole rings is 1. The molecule has 0 aliphatic rings. The Balaban J connectivity index is 2.69. The molecule has 3 nitrogen and oxygen atoms in total. The Morgan fingerprint density at radius 1 is 1.36 bits per heavy atom. The number of fused-ring (bicyclic) bond motifs is 1. The number of pyridine rings is 1. The molecule has 0 amide bonds. The number of hydrogen-bond acceptors (Lipinski definition) is 3. The van der Waals surface area contributed by atoms with E-state index in [1.807, 2.05) is 0 Å². The highest BCUT2D eigenvalue weighted by Gasteiger charge is 2.37. The molecule has 0 saturated heterocycles. The van der Waals surface area contributed by atoms with Crippen molar-refractivity contribution >= 4 is 11.2 Å². The molecular formula is C8H5F3N2O. The van der Waals surface area contributed by atoms with Crippen LogP contribution in [0.15, 0.2) is 16.7 Å². The molecule has 2 rings (SSSR count). The topological polar surface area (TPSA) is 38.9 Å². The molecule has 0 bridgehead atoms. The summed E-state index contributed by atoms with van der Waals surface area (Å²) in [5.41, 5.74) is 0.648. The van der Waals surface area contributed by atoms with Gasteiger partial charge in [0.05, 0.1) is 0 Å². The van der Waals surface area contributed by atoms with E-state index in [1.54, 1.807) is 13.0 Å². The van der Waals surface area contributed by atoms with Crippen LogP contribution >= 0.6 is 0 Å². The second-order valence-electron chi connectivity index (χ2n) is 2.80. The first kappa shape index (κ1) is 8.98. The number of aromatic nitrogens is 2. The van der Waals surface area contributed by atoms with E-state index in [0.29, 0.717) is 5.56 Å². The van der Waals surface area contributed by atoms with Crippen LogP contribution in [0.1, 0.15) is 11.5 Å². The van der Waals surface area contributed by atoms with Gasteiger partial charge in [0.25, 0.3) is 0 Å². The van der Waals surface area contributed by atoms with Gasteiger partial charge in [0, 0.05) is 6.20 Å². The zero-order chi connectivity index (χ0) is 10.3. The lowest BCUT2D eigenvalue weighted by Gasteiger charge is -1.97. The van der Waals surface area contributed by atoms with E-state index in [1.165, 1.54) is 6.20 Å². The van der Waals surface area contributed by atoms with Gasteiger partial charge in [-0.15, -0.1) is 0 Å². The van der Waals surface area contributed by atoms with Gasteiger partial charge in [0.1, 0.15) is 0 Å². The number of aryl methyl sites for hydroxylation is 1. The van der Waals surface area contributed by atoms with Gasteiger partial charge >= 0.3 is 12.1 Å². The van der Waals surface area contributed by atoms with E-state index in [9.17, 15) is 13.2 Å². The van der Waals surface area contributed by atoms with Crippen molar-refractivity contribution in [1.29, 1.82) is 0 Å². The third-order valence-corrected chi connectivity index (χ3v) is 1.73. The Hall–Kier alpha value is -1.59. The lowest BCUT2D eigenvalue weighted by atomic mass is 10.3. The predicted octanol–water partition coefficient (Wildman–Crippen LogP) is 2.55. The number of rotatable bonds is 0. The lowest BCUT2D eigenvalue weighted by Crippen LogP contribution is -2.04. The van der Waals surface area contributed by atoms with Crippen LogP contribution in [0.5, 0.6) is 0 Å². The zero-order valence-corrected chi connectivity index (χ0v) is 7.09. The van der Waals surface area contributed by atoms with Crippen molar-refractivity contribution in [2.75, 3.05) is 0 Å². The van der Waals surface area contributed by atoms with Crippen LogP contribution < -0.4 is 0 Å². The first-order valence-corrected chi connectivity index (χ1v) is 3.78. The van der Waals surface area contributed by atoms with E-state index in [-0.39, 0.29) is 11.2 Å². The maximum Gasteiger partial charge on any atom is 0.469 e. The van der Waals surface area contributed by atoms with E-state index in [2.05, 4.69) is 14.4 Å². The van der Waals surface area contributed by atoms with Crippen LogP contribution in [0, 0.1) is 6.92 Å². The molecule has 6 heteroatoms. The van der Waals surface area contributed by atoms with E-state index >= 15 is 0 Å². The van der Waals surface area contributed by atoms with Crippen molar-refractivity contribution in [1.82, 2.24) is 9.97 Å². The molecule has 0 saturated carbocycles. The van der Waals surface area contributed by atoms with E-state index in [4.69, 9.17) is 0 Å². The standard InChI is InChI=1S/C8H5F3N2O/c1-4-2-3-12-6-5(4)14-7(13-6)8(9,10)11/h2-3H,1H3. The highest BCUT2D eigenvalue weighted by Crippen LogP contribution is 2.31. The van der Waals surface area contributed by atoms with Crippen LogP contribution in [0.4, 0.5) is 13.2 Å². The van der Waals surface area contributed by atoms with Gasteiger partial charge in [-0.2, -0.15) is 18.2 Å². The molecule has 0 radical (unpaired) electrons. The minimum atomic E-state index is -4.56. The second-order valence-corrected chi connectivity index (χ2v) is 2.80. The van der Waals surface area contributed by atoms with Gasteiger partial charge in [-0.3, -0.25) is 0 Å². The first-order chi connectivity index (χ1) is 6.48. The number of alkyl halides is 3. The third-order valence-electron chi connectivity index (χ3n) is 1.73. The third kappa shape index (κ3) is 1.32. The van der Waals surface area contributed by atoms with Gasteiger partial charge in [-0.1, -0.05) is 0 Å². The van der Waals surface area contributed by atoms with E-state index in [0.717, 1.165) is 0 Å². The molecule has 0 aromatic carbocycles. The van der Waals surface area contributed by atoms with Crippen molar-refractivity contribution < 1.29 is 17.6 Å². The average molecular weight is 202 g/mol. The highest BCUT2D eigenvalue weighted by molar-refractivity contribution is 5.71. The molecule has 14 heavy (non-hydrogen) atoms. The summed E-state index contributed by atoms with van der Waals surface area (Å²) in [4.78, 5) is 6.91. The summed E-state index contributed by atoms with van der Waals surface area (Å²) in [6.07, 6.45) is -3.17. The monoisotopic (exact) mass is 202 g/mol. The second kappa shape index (κ2) is 2.70. The van der Waals surface area contributed by atoms with E-state index < -0.39 is 12.1 Å². The number of halogens is 3. The summed E-state index contributed by atoms with van der Waals surface area (Å²) >= 11 is 0. The lowest BCUT2D eigenvalue weighted by molar-refractivity contribution is -0.156. The first-order valence-electron chi connectivity index (χ1n) is 3.78. The van der Waals surface area contributed by atoms with Crippen LogP contribution in [-0.2, 0) is 6.18 Å². The minimum Gasteiger partial charge on any atom is -0.431 e. The largest absolute Gasteiger partial charge is 0.469 e. The summed E-state index contributed by atoms with van der Waals surface area (Å²) in [5.74, 6) is -1.26. The molecule has 0 N–H and O–H groups in total. The zero-order valence-electron chi connectivity index (χ0n) is 7.09. The van der Waals surface area contributed by atoms with Gasteiger partial charge in [-0.05, 0) is 18.6 Å². The Labute approximate surface area is 76.6 Å². The fourth-order valence-electron chi connectivity index (χ4n) is 1.07. The van der Waals surface area contributed by atoms with Crippen molar-refractivity contribution in [2.24, 2.45) is 0 Å². The summed E-state index contributed by atoms with van der Waals surface area (Å²) in [6.45, 7) is 1.63. The minimum absolute atomic E-state index is 0.0164. The van der Waals surface area contributed by atoms with Crippen molar-refractivity contribution in [3.8, 4) is 0 Å². The molecule has 0 unspecified atom stereocenters. The summed E-state index contributed by atoms with van der Waals surface area (Å²) < 4.78 is 41.1. The smallest absolute Gasteiger partial charge is 0.431 e. The van der Waals surface area contributed by atoms with Crippen LogP contribution in [0.3, 0.4) is 0 Å². The molecular weight excluding hydrogens is 197 g/mol. The van der Waals surface area contributed by atoms with Crippen LogP contribution in [-0.4, -0.2) is 9.97 Å².